The molecule has 0 radical (unpaired) electrons. The molecule has 200 valence electrons. The van der Waals surface area contributed by atoms with Crippen LogP contribution in [0.15, 0.2) is 36.9 Å². The molecule has 0 atom stereocenters. The number of benzene rings is 1. The molecule has 2 heterocycles. The first-order valence-corrected chi connectivity index (χ1v) is 14.1. The Morgan fingerprint density at radius 1 is 1.30 bits per heavy atom. The van der Waals surface area contributed by atoms with Crippen molar-refractivity contribution in [3.63, 3.8) is 0 Å². The van der Waals surface area contributed by atoms with E-state index in [1.165, 1.54) is 4.68 Å². The maximum atomic E-state index is 13.6. The predicted molar refractivity (Wildman–Crippen MR) is 141 cm³/mol. The summed E-state index contributed by atoms with van der Waals surface area (Å²) in [6.07, 6.45) is 3.00. The van der Waals surface area contributed by atoms with Crippen LogP contribution in [0.25, 0.3) is 0 Å². The summed E-state index contributed by atoms with van der Waals surface area (Å²) >= 11 is 5.92. The van der Waals surface area contributed by atoms with Gasteiger partial charge in [-0.15, -0.1) is 6.58 Å². The SMILES string of the molecule is C=CCOCC(C)(C)S(=O)(=O)C1(CN2CCc3c(C(=O)NCc4ccc(Cl)cc4)nn(C)c3C2=O)CC1. The van der Waals surface area contributed by atoms with Crippen molar-refractivity contribution in [1.29, 1.82) is 0 Å². The van der Waals surface area contributed by atoms with E-state index in [4.69, 9.17) is 16.3 Å². The number of hydrogen-bond donors (Lipinski definition) is 1. The molecule has 0 spiro atoms. The Morgan fingerprint density at radius 3 is 2.59 bits per heavy atom. The van der Waals surface area contributed by atoms with Gasteiger partial charge in [0.15, 0.2) is 15.5 Å². The molecule has 0 bridgehead atoms. The summed E-state index contributed by atoms with van der Waals surface area (Å²) in [7, 11) is -1.99. The number of nitrogens with zero attached hydrogens (tertiary/aromatic N) is 3. The number of carbonyl (C=O) groups is 2. The number of aromatic nitrogens is 2. The molecule has 1 aromatic carbocycles. The van der Waals surface area contributed by atoms with Gasteiger partial charge in [-0.25, -0.2) is 8.42 Å². The molecule has 2 amide bonds. The summed E-state index contributed by atoms with van der Waals surface area (Å²) in [5.41, 5.74) is 2.01. The Balaban J connectivity index is 1.48. The molecule has 1 aliphatic heterocycles. The first kappa shape index (κ1) is 27.3. The molecular weight excluding hydrogens is 516 g/mol. The summed E-state index contributed by atoms with van der Waals surface area (Å²) in [5.74, 6) is -0.675. The van der Waals surface area contributed by atoms with E-state index in [0.29, 0.717) is 48.6 Å². The second-order valence-corrected chi connectivity index (χ2v) is 13.7. The Labute approximate surface area is 222 Å². The lowest BCUT2D eigenvalue weighted by molar-refractivity contribution is 0.0723. The van der Waals surface area contributed by atoms with Gasteiger partial charge in [0.2, 0.25) is 0 Å². The Hall–Kier alpha value is -2.69. The molecule has 0 unspecified atom stereocenters. The molecule has 1 saturated carbocycles. The van der Waals surface area contributed by atoms with Gasteiger partial charge < -0.3 is 15.0 Å². The van der Waals surface area contributed by atoms with Crippen molar-refractivity contribution in [2.45, 2.75) is 49.1 Å². The largest absolute Gasteiger partial charge is 0.376 e. The van der Waals surface area contributed by atoms with Crippen LogP contribution in [0.4, 0.5) is 0 Å². The lowest BCUT2D eigenvalue weighted by atomic mass is 10.0. The number of rotatable bonds is 11. The van der Waals surface area contributed by atoms with Crippen LogP contribution in [0.2, 0.25) is 5.02 Å². The highest BCUT2D eigenvalue weighted by molar-refractivity contribution is 7.94. The molecule has 1 aromatic heterocycles. The van der Waals surface area contributed by atoms with E-state index >= 15 is 0 Å². The predicted octanol–water partition coefficient (Wildman–Crippen LogP) is 2.93. The zero-order chi connectivity index (χ0) is 27.0. The van der Waals surface area contributed by atoms with E-state index in [9.17, 15) is 18.0 Å². The number of halogens is 1. The zero-order valence-corrected chi connectivity index (χ0v) is 23.0. The molecule has 0 saturated heterocycles. The third kappa shape index (κ3) is 5.19. The second-order valence-electron chi connectivity index (χ2n) is 10.3. The van der Waals surface area contributed by atoms with Gasteiger partial charge in [-0.05, 0) is 50.8 Å². The van der Waals surface area contributed by atoms with Crippen molar-refractivity contribution < 1.29 is 22.7 Å². The van der Waals surface area contributed by atoms with Gasteiger partial charge in [-0.3, -0.25) is 14.3 Å². The van der Waals surface area contributed by atoms with Crippen molar-refractivity contribution in [2.24, 2.45) is 7.05 Å². The summed E-state index contributed by atoms with van der Waals surface area (Å²) in [5, 5.41) is 7.80. The molecule has 37 heavy (non-hydrogen) atoms. The summed E-state index contributed by atoms with van der Waals surface area (Å²) in [6.45, 7) is 7.99. The Morgan fingerprint density at radius 2 is 1.97 bits per heavy atom. The van der Waals surface area contributed by atoms with Gasteiger partial charge in [-0.2, -0.15) is 5.10 Å². The monoisotopic (exact) mass is 548 g/mol. The average Bonchev–Trinajstić information content (AvgIpc) is 3.56. The topological polar surface area (TPSA) is 111 Å². The van der Waals surface area contributed by atoms with Gasteiger partial charge in [0.25, 0.3) is 11.8 Å². The van der Waals surface area contributed by atoms with Crippen LogP contribution in [0.1, 0.15) is 58.8 Å². The highest BCUT2D eigenvalue weighted by Crippen LogP contribution is 2.49. The first-order chi connectivity index (χ1) is 17.4. The first-order valence-electron chi connectivity index (χ1n) is 12.2. The molecular formula is C26H33ClN4O5S. The van der Waals surface area contributed by atoms with Crippen LogP contribution >= 0.6 is 11.6 Å². The summed E-state index contributed by atoms with van der Waals surface area (Å²) < 4.78 is 32.0. The Bertz CT molecular complexity index is 1310. The van der Waals surface area contributed by atoms with Crippen LogP contribution in [0.3, 0.4) is 0 Å². The minimum atomic E-state index is -3.61. The van der Waals surface area contributed by atoms with E-state index in [-0.39, 0.29) is 37.3 Å². The van der Waals surface area contributed by atoms with Crippen molar-refractivity contribution in [1.82, 2.24) is 20.0 Å². The Kier molecular flexibility index (Phi) is 7.56. The second kappa shape index (κ2) is 10.2. The average molecular weight is 549 g/mol. The van der Waals surface area contributed by atoms with Crippen molar-refractivity contribution in [3.8, 4) is 0 Å². The van der Waals surface area contributed by atoms with E-state index in [1.54, 1.807) is 44.0 Å². The van der Waals surface area contributed by atoms with E-state index in [0.717, 1.165) is 5.56 Å². The fourth-order valence-corrected chi connectivity index (χ4v) is 7.32. The number of aryl methyl sites for hydroxylation is 1. The van der Waals surface area contributed by atoms with Crippen LogP contribution < -0.4 is 5.32 Å². The van der Waals surface area contributed by atoms with Crippen molar-refractivity contribution in [3.05, 3.63) is 64.5 Å². The van der Waals surface area contributed by atoms with Gasteiger partial charge in [0.1, 0.15) is 5.69 Å². The fraction of sp³-hybridized carbons (Fsp3) is 0.500. The fourth-order valence-electron chi connectivity index (χ4n) is 4.82. The molecule has 1 aliphatic carbocycles. The third-order valence-corrected chi connectivity index (χ3v) is 10.6. The van der Waals surface area contributed by atoms with Gasteiger partial charge >= 0.3 is 0 Å². The number of amides is 2. The number of ether oxygens (including phenoxy) is 1. The van der Waals surface area contributed by atoms with Crippen molar-refractivity contribution in [2.75, 3.05) is 26.3 Å². The lowest BCUT2D eigenvalue weighted by Gasteiger charge is -2.35. The molecule has 9 nitrogen and oxygen atoms in total. The van der Waals surface area contributed by atoms with Crippen LogP contribution in [-0.4, -0.2) is 70.7 Å². The minimum absolute atomic E-state index is 0.0530. The highest BCUT2D eigenvalue weighted by atomic mass is 35.5. The summed E-state index contributed by atoms with van der Waals surface area (Å²) in [6, 6.07) is 7.15. The zero-order valence-electron chi connectivity index (χ0n) is 21.4. The van der Waals surface area contributed by atoms with Crippen LogP contribution in [0.5, 0.6) is 0 Å². The van der Waals surface area contributed by atoms with Gasteiger partial charge in [0.05, 0.1) is 22.7 Å². The molecule has 11 heteroatoms. The lowest BCUT2D eigenvalue weighted by Crippen LogP contribution is -2.51. The van der Waals surface area contributed by atoms with Crippen LogP contribution in [0, 0.1) is 0 Å². The number of carbonyl (C=O) groups excluding carboxylic acids is 2. The normalized spacial score (nSPS) is 16.9. The maximum absolute atomic E-state index is 13.6. The molecule has 2 aliphatic rings. The highest BCUT2D eigenvalue weighted by Gasteiger charge is 2.61. The number of hydrogen-bond acceptors (Lipinski definition) is 6. The molecule has 2 aromatic rings. The van der Waals surface area contributed by atoms with Gasteiger partial charge in [0, 0.05) is 37.3 Å². The molecule has 1 N–H and O–H groups in total. The van der Waals surface area contributed by atoms with E-state index < -0.39 is 19.3 Å². The smallest absolute Gasteiger partial charge is 0.272 e. The van der Waals surface area contributed by atoms with Gasteiger partial charge in [-0.1, -0.05) is 29.8 Å². The number of sulfone groups is 1. The van der Waals surface area contributed by atoms with E-state index in [1.807, 2.05) is 12.1 Å². The number of fused-ring (bicyclic) bond motifs is 1. The van der Waals surface area contributed by atoms with E-state index in [2.05, 4.69) is 17.0 Å². The standard InChI is InChI=1S/C26H33ClN4O5S/c1-5-14-36-17-25(2,3)37(34,35)26(11-12-26)16-31-13-10-20-21(29-30(4)22(20)24(31)33)23(32)28-15-18-6-8-19(27)9-7-18/h5-9H,1,10-17H2,2-4H3,(H,28,32). The number of nitrogens with one attached hydrogen (secondary N) is 1. The van der Waals surface area contributed by atoms with Crippen LogP contribution in [-0.2, 0) is 34.6 Å². The minimum Gasteiger partial charge on any atom is -0.376 e. The summed E-state index contributed by atoms with van der Waals surface area (Å²) in [4.78, 5) is 28.0. The quantitative estimate of drug-likeness (QED) is 0.341. The maximum Gasteiger partial charge on any atom is 0.272 e. The van der Waals surface area contributed by atoms with Crippen molar-refractivity contribution >= 4 is 33.3 Å². The molecule has 1 fully saturated rings. The third-order valence-electron chi connectivity index (χ3n) is 7.12. The molecule has 4 rings (SSSR count).